The van der Waals surface area contributed by atoms with Crippen molar-refractivity contribution in [1.29, 1.82) is 0 Å². The van der Waals surface area contributed by atoms with Gasteiger partial charge in [0.15, 0.2) is 0 Å². The predicted octanol–water partition coefficient (Wildman–Crippen LogP) is 1.06. The molecule has 1 aromatic carbocycles. The Bertz CT molecular complexity index is 390. The molecule has 1 aromatic rings. The lowest BCUT2D eigenvalue weighted by molar-refractivity contribution is -0.130. The molecule has 0 aliphatic rings. The molecule has 0 unspecified atom stereocenters. The number of rotatable bonds is 8. The van der Waals surface area contributed by atoms with E-state index in [-0.39, 0.29) is 30.7 Å². The summed E-state index contributed by atoms with van der Waals surface area (Å²) in [7, 11) is 1.57. The largest absolute Gasteiger partial charge is 0.492 e. The minimum Gasteiger partial charge on any atom is -0.492 e. The smallest absolute Gasteiger partial charge is 0.236 e. The fourth-order valence-electron chi connectivity index (χ4n) is 1.50. The Morgan fingerprint density at radius 1 is 1.25 bits per heavy atom. The van der Waals surface area contributed by atoms with Gasteiger partial charge in [0, 0.05) is 13.7 Å². The summed E-state index contributed by atoms with van der Waals surface area (Å²) < 4.78 is 23.0. The number of ether oxygens (including phenoxy) is 2. The molecule has 0 radical (unpaired) electrons. The van der Waals surface area contributed by atoms with E-state index < -0.39 is 0 Å². The Morgan fingerprint density at radius 2 is 1.85 bits per heavy atom. The van der Waals surface area contributed by atoms with Crippen LogP contribution in [-0.4, -0.2) is 50.8 Å². The summed E-state index contributed by atoms with van der Waals surface area (Å²) >= 11 is 0. The molecule has 0 bridgehead atoms. The SMILES string of the molecule is COCCN(CCOc1ccc(F)cc1)C(=O)CN.Cl. The number of methoxy groups -OCH3 is 1. The molecule has 20 heavy (non-hydrogen) atoms. The first-order valence-electron chi connectivity index (χ1n) is 6.02. The van der Waals surface area contributed by atoms with Gasteiger partial charge in [-0.2, -0.15) is 0 Å². The fraction of sp³-hybridized carbons (Fsp3) is 0.462. The van der Waals surface area contributed by atoms with Crippen molar-refractivity contribution in [2.75, 3.05) is 40.0 Å². The van der Waals surface area contributed by atoms with Crippen molar-refractivity contribution in [2.45, 2.75) is 0 Å². The van der Waals surface area contributed by atoms with Gasteiger partial charge in [0.25, 0.3) is 0 Å². The van der Waals surface area contributed by atoms with Crippen molar-refractivity contribution in [2.24, 2.45) is 5.73 Å². The molecular weight excluding hydrogens is 287 g/mol. The van der Waals surface area contributed by atoms with E-state index in [4.69, 9.17) is 15.2 Å². The molecule has 0 saturated carbocycles. The highest BCUT2D eigenvalue weighted by Crippen LogP contribution is 2.10. The molecule has 0 aliphatic carbocycles. The van der Waals surface area contributed by atoms with E-state index >= 15 is 0 Å². The summed E-state index contributed by atoms with van der Waals surface area (Å²) in [5.41, 5.74) is 5.33. The highest BCUT2D eigenvalue weighted by molar-refractivity contribution is 5.85. The molecule has 0 atom stereocenters. The van der Waals surface area contributed by atoms with Crippen LogP contribution in [0.25, 0.3) is 0 Å². The molecule has 0 saturated heterocycles. The van der Waals surface area contributed by atoms with Crippen molar-refractivity contribution < 1.29 is 18.7 Å². The molecule has 1 rings (SSSR count). The van der Waals surface area contributed by atoms with Crippen LogP contribution in [0.3, 0.4) is 0 Å². The maximum atomic E-state index is 12.7. The molecule has 1 amide bonds. The molecule has 0 fully saturated rings. The van der Waals surface area contributed by atoms with E-state index in [1.165, 1.54) is 12.1 Å². The summed E-state index contributed by atoms with van der Waals surface area (Å²) in [5, 5.41) is 0. The van der Waals surface area contributed by atoms with Gasteiger partial charge < -0.3 is 20.1 Å². The van der Waals surface area contributed by atoms with Crippen molar-refractivity contribution in [3.05, 3.63) is 30.1 Å². The first-order valence-corrected chi connectivity index (χ1v) is 6.02. The lowest BCUT2D eigenvalue weighted by atomic mass is 10.3. The van der Waals surface area contributed by atoms with Gasteiger partial charge in [-0.1, -0.05) is 0 Å². The summed E-state index contributed by atoms with van der Waals surface area (Å²) in [6, 6.07) is 5.73. The topological polar surface area (TPSA) is 64.8 Å². The van der Waals surface area contributed by atoms with Crippen LogP contribution in [0.15, 0.2) is 24.3 Å². The Morgan fingerprint density at radius 3 is 2.40 bits per heavy atom. The summed E-state index contributed by atoms with van der Waals surface area (Å²) in [5.74, 6) is 0.0976. The second-order valence-corrected chi connectivity index (χ2v) is 3.88. The van der Waals surface area contributed by atoms with Crippen molar-refractivity contribution in [3.8, 4) is 5.75 Å². The number of hydrogen-bond donors (Lipinski definition) is 1. The van der Waals surface area contributed by atoms with Gasteiger partial charge in [-0.25, -0.2) is 4.39 Å². The lowest BCUT2D eigenvalue weighted by Crippen LogP contribution is -2.40. The number of amides is 1. The van der Waals surface area contributed by atoms with Gasteiger partial charge in [0.05, 0.1) is 19.7 Å². The second-order valence-electron chi connectivity index (χ2n) is 3.88. The fourth-order valence-corrected chi connectivity index (χ4v) is 1.50. The van der Waals surface area contributed by atoms with Gasteiger partial charge in [-0.3, -0.25) is 4.79 Å². The molecule has 7 heteroatoms. The quantitative estimate of drug-likeness (QED) is 0.780. The Kier molecular flexibility index (Phi) is 9.71. The maximum Gasteiger partial charge on any atom is 0.236 e. The van der Waals surface area contributed by atoms with Crippen LogP contribution >= 0.6 is 12.4 Å². The maximum absolute atomic E-state index is 12.7. The lowest BCUT2D eigenvalue weighted by Gasteiger charge is -2.21. The molecule has 0 heterocycles. The van der Waals surface area contributed by atoms with Crippen LogP contribution in [0.2, 0.25) is 0 Å². The van der Waals surface area contributed by atoms with E-state index in [0.29, 0.717) is 32.1 Å². The second kappa shape index (κ2) is 10.4. The van der Waals surface area contributed by atoms with Crippen molar-refractivity contribution >= 4 is 18.3 Å². The molecule has 114 valence electrons. The van der Waals surface area contributed by atoms with Crippen LogP contribution in [0.4, 0.5) is 4.39 Å². The Hall–Kier alpha value is -1.37. The third-order valence-corrected chi connectivity index (χ3v) is 2.54. The first kappa shape index (κ1) is 18.6. The summed E-state index contributed by atoms with van der Waals surface area (Å²) in [6.45, 7) is 1.61. The van der Waals surface area contributed by atoms with Crippen LogP contribution < -0.4 is 10.5 Å². The minimum absolute atomic E-state index is 0. The zero-order valence-corrected chi connectivity index (χ0v) is 12.2. The van der Waals surface area contributed by atoms with Gasteiger partial charge in [-0.15, -0.1) is 12.4 Å². The standard InChI is InChI=1S/C13H19FN2O3.ClH/c1-18-8-6-16(13(17)10-15)7-9-19-12-4-2-11(14)3-5-12;/h2-5H,6-10,15H2,1H3;1H. The van der Waals surface area contributed by atoms with Gasteiger partial charge in [-0.05, 0) is 24.3 Å². The van der Waals surface area contributed by atoms with Crippen LogP contribution in [0.5, 0.6) is 5.75 Å². The zero-order chi connectivity index (χ0) is 14.1. The minimum atomic E-state index is -0.313. The monoisotopic (exact) mass is 306 g/mol. The summed E-state index contributed by atoms with van der Waals surface area (Å²) in [4.78, 5) is 13.1. The Labute approximate surface area is 124 Å². The zero-order valence-electron chi connectivity index (χ0n) is 11.4. The van der Waals surface area contributed by atoms with Crippen LogP contribution in [0.1, 0.15) is 0 Å². The van der Waals surface area contributed by atoms with E-state index in [2.05, 4.69) is 0 Å². The highest BCUT2D eigenvalue weighted by atomic mass is 35.5. The number of nitrogens with two attached hydrogens (primary N) is 1. The third kappa shape index (κ3) is 6.70. The number of hydrogen-bond acceptors (Lipinski definition) is 4. The number of benzene rings is 1. The number of carbonyl (C=O) groups is 1. The van der Waals surface area contributed by atoms with Gasteiger partial charge in [0.2, 0.25) is 5.91 Å². The van der Waals surface area contributed by atoms with E-state index in [1.54, 1.807) is 24.1 Å². The van der Waals surface area contributed by atoms with Crippen LogP contribution in [-0.2, 0) is 9.53 Å². The third-order valence-electron chi connectivity index (χ3n) is 2.54. The number of nitrogens with zero attached hydrogens (tertiary/aromatic N) is 1. The van der Waals surface area contributed by atoms with Crippen LogP contribution in [0, 0.1) is 5.82 Å². The highest BCUT2D eigenvalue weighted by Gasteiger charge is 2.11. The first-order chi connectivity index (χ1) is 9.17. The van der Waals surface area contributed by atoms with Gasteiger partial charge >= 0.3 is 0 Å². The van der Waals surface area contributed by atoms with Crippen molar-refractivity contribution in [1.82, 2.24) is 4.90 Å². The average molecular weight is 307 g/mol. The average Bonchev–Trinajstić information content (AvgIpc) is 2.43. The van der Waals surface area contributed by atoms with Gasteiger partial charge in [0.1, 0.15) is 18.2 Å². The van der Waals surface area contributed by atoms with E-state index in [0.717, 1.165) is 0 Å². The molecule has 2 N–H and O–H groups in total. The molecule has 0 aromatic heterocycles. The molecule has 0 spiro atoms. The number of halogens is 2. The molecule has 5 nitrogen and oxygen atoms in total. The molecular formula is C13H20ClFN2O3. The predicted molar refractivity (Wildman–Crippen MR) is 76.7 cm³/mol. The normalized spacial score (nSPS) is 9.75. The van der Waals surface area contributed by atoms with E-state index in [1.807, 2.05) is 0 Å². The summed E-state index contributed by atoms with van der Waals surface area (Å²) in [6.07, 6.45) is 0. The van der Waals surface area contributed by atoms with Crippen molar-refractivity contribution in [3.63, 3.8) is 0 Å². The number of carbonyl (C=O) groups excluding carboxylic acids is 1. The molecule has 0 aliphatic heterocycles. The van der Waals surface area contributed by atoms with E-state index in [9.17, 15) is 9.18 Å². The Balaban J connectivity index is 0.00000361.